The molecule has 0 unspecified atom stereocenters. The fraction of sp³-hybridized carbons (Fsp3) is 0.571. The van der Waals surface area contributed by atoms with Crippen molar-refractivity contribution in [3.8, 4) is 5.75 Å². The molecule has 0 atom stereocenters. The maximum absolute atomic E-state index is 5.70. The SMILES string of the molecule is CCCN(CCNC)CCOc1ccccc1. The smallest absolute Gasteiger partial charge is 0.119 e. The highest BCUT2D eigenvalue weighted by atomic mass is 16.5. The summed E-state index contributed by atoms with van der Waals surface area (Å²) >= 11 is 0. The van der Waals surface area contributed by atoms with E-state index in [0.717, 1.165) is 38.5 Å². The number of ether oxygens (including phenoxy) is 1. The van der Waals surface area contributed by atoms with Crippen molar-refractivity contribution in [2.24, 2.45) is 0 Å². The van der Waals surface area contributed by atoms with Crippen LogP contribution in [-0.2, 0) is 0 Å². The first-order valence-corrected chi connectivity index (χ1v) is 6.41. The predicted octanol–water partition coefficient (Wildman–Crippen LogP) is 2.00. The minimum absolute atomic E-state index is 0.758. The molecule has 0 heterocycles. The van der Waals surface area contributed by atoms with Gasteiger partial charge in [-0.2, -0.15) is 0 Å². The Balaban J connectivity index is 2.22. The molecule has 0 aliphatic rings. The zero-order chi connectivity index (χ0) is 12.3. The second-order valence-electron chi connectivity index (χ2n) is 4.11. The van der Waals surface area contributed by atoms with Crippen LogP contribution < -0.4 is 10.1 Å². The number of likely N-dealkylation sites (N-methyl/N-ethyl adjacent to an activating group) is 1. The predicted molar refractivity (Wildman–Crippen MR) is 72.6 cm³/mol. The number of benzene rings is 1. The van der Waals surface area contributed by atoms with Gasteiger partial charge in [0.2, 0.25) is 0 Å². The molecule has 1 N–H and O–H groups in total. The van der Waals surface area contributed by atoms with Crippen LogP contribution in [0.1, 0.15) is 13.3 Å². The van der Waals surface area contributed by atoms with Gasteiger partial charge in [0.15, 0.2) is 0 Å². The Morgan fingerprint density at radius 2 is 1.88 bits per heavy atom. The van der Waals surface area contributed by atoms with E-state index in [1.807, 2.05) is 37.4 Å². The third-order valence-electron chi connectivity index (χ3n) is 2.64. The van der Waals surface area contributed by atoms with E-state index in [1.165, 1.54) is 6.42 Å². The van der Waals surface area contributed by atoms with Crippen LogP contribution in [0.15, 0.2) is 30.3 Å². The van der Waals surface area contributed by atoms with Crippen molar-refractivity contribution < 1.29 is 4.74 Å². The van der Waals surface area contributed by atoms with Crippen molar-refractivity contribution in [3.05, 3.63) is 30.3 Å². The van der Waals surface area contributed by atoms with Gasteiger partial charge in [0, 0.05) is 19.6 Å². The summed E-state index contributed by atoms with van der Waals surface area (Å²) in [6.07, 6.45) is 1.19. The van der Waals surface area contributed by atoms with Crippen LogP contribution in [0, 0.1) is 0 Å². The largest absolute Gasteiger partial charge is 0.492 e. The molecular formula is C14H24N2O. The zero-order valence-corrected chi connectivity index (χ0v) is 11.0. The fourth-order valence-electron chi connectivity index (χ4n) is 1.73. The molecular weight excluding hydrogens is 212 g/mol. The van der Waals surface area contributed by atoms with Gasteiger partial charge in [0.1, 0.15) is 12.4 Å². The van der Waals surface area contributed by atoms with Crippen LogP contribution >= 0.6 is 0 Å². The van der Waals surface area contributed by atoms with Gasteiger partial charge in [-0.1, -0.05) is 25.1 Å². The molecule has 1 rings (SSSR count). The maximum Gasteiger partial charge on any atom is 0.119 e. The average molecular weight is 236 g/mol. The summed E-state index contributed by atoms with van der Waals surface area (Å²) in [6, 6.07) is 10.00. The second-order valence-corrected chi connectivity index (χ2v) is 4.11. The molecule has 0 saturated heterocycles. The van der Waals surface area contributed by atoms with Crippen LogP contribution in [0.4, 0.5) is 0 Å². The van der Waals surface area contributed by atoms with Crippen molar-refractivity contribution in [2.75, 3.05) is 39.8 Å². The van der Waals surface area contributed by atoms with E-state index in [1.54, 1.807) is 0 Å². The van der Waals surface area contributed by atoms with Gasteiger partial charge in [0.25, 0.3) is 0 Å². The van der Waals surface area contributed by atoms with Gasteiger partial charge in [-0.05, 0) is 32.1 Å². The molecule has 3 nitrogen and oxygen atoms in total. The van der Waals surface area contributed by atoms with Gasteiger partial charge >= 0.3 is 0 Å². The lowest BCUT2D eigenvalue weighted by Crippen LogP contribution is -2.34. The number of hydrogen-bond acceptors (Lipinski definition) is 3. The summed E-state index contributed by atoms with van der Waals surface area (Å²) in [4.78, 5) is 2.43. The molecule has 0 aromatic heterocycles. The minimum atomic E-state index is 0.758. The molecule has 0 fully saturated rings. The molecule has 17 heavy (non-hydrogen) atoms. The van der Waals surface area contributed by atoms with Gasteiger partial charge in [-0.3, -0.25) is 4.90 Å². The molecule has 3 heteroatoms. The van der Waals surface area contributed by atoms with Crippen LogP contribution in [0.2, 0.25) is 0 Å². The third-order valence-corrected chi connectivity index (χ3v) is 2.64. The highest BCUT2D eigenvalue weighted by Gasteiger charge is 2.02. The first-order valence-electron chi connectivity index (χ1n) is 6.41. The Kier molecular flexibility index (Phi) is 7.43. The molecule has 0 radical (unpaired) electrons. The quantitative estimate of drug-likeness (QED) is 0.709. The van der Waals surface area contributed by atoms with Gasteiger partial charge in [0.05, 0.1) is 0 Å². The summed E-state index contributed by atoms with van der Waals surface area (Å²) in [6.45, 7) is 7.22. The molecule has 1 aromatic rings. The standard InChI is InChI=1S/C14H24N2O/c1-3-10-16(11-9-15-2)12-13-17-14-7-5-4-6-8-14/h4-8,15H,3,9-13H2,1-2H3. The molecule has 96 valence electrons. The van der Waals surface area contributed by atoms with E-state index < -0.39 is 0 Å². The number of para-hydroxylation sites is 1. The summed E-state index contributed by atoms with van der Waals surface area (Å²) < 4.78 is 5.70. The molecule has 0 amide bonds. The molecule has 0 saturated carbocycles. The third kappa shape index (κ3) is 6.29. The average Bonchev–Trinajstić information content (AvgIpc) is 2.37. The van der Waals surface area contributed by atoms with Crippen LogP contribution in [0.25, 0.3) is 0 Å². The van der Waals surface area contributed by atoms with Crippen molar-refractivity contribution in [1.82, 2.24) is 10.2 Å². The number of rotatable bonds is 9. The summed E-state index contributed by atoms with van der Waals surface area (Å²) in [5.41, 5.74) is 0. The van der Waals surface area contributed by atoms with Crippen molar-refractivity contribution >= 4 is 0 Å². The zero-order valence-electron chi connectivity index (χ0n) is 11.0. The Hall–Kier alpha value is -1.06. The summed E-state index contributed by atoms with van der Waals surface area (Å²) in [7, 11) is 1.99. The van der Waals surface area contributed by atoms with Crippen molar-refractivity contribution in [1.29, 1.82) is 0 Å². The van der Waals surface area contributed by atoms with E-state index >= 15 is 0 Å². The molecule has 1 aromatic carbocycles. The Labute approximate surface area is 105 Å². The Morgan fingerprint density at radius 3 is 2.53 bits per heavy atom. The lowest BCUT2D eigenvalue weighted by Gasteiger charge is -2.21. The van der Waals surface area contributed by atoms with E-state index in [4.69, 9.17) is 4.74 Å². The highest BCUT2D eigenvalue weighted by molar-refractivity contribution is 5.20. The van der Waals surface area contributed by atoms with E-state index in [2.05, 4.69) is 17.1 Å². The molecule has 0 spiro atoms. The number of hydrogen-bond donors (Lipinski definition) is 1. The van der Waals surface area contributed by atoms with Gasteiger partial charge in [-0.15, -0.1) is 0 Å². The number of nitrogens with zero attached hydrogens (tertiary/aromatic N) is 1. The summed E-state index contributed by atoms with van der Waals surface area (Å²) in [5.74, 6) is 0.956. The van der Waals surface area contributed by atoms with E-state index in [-0.39, 0.29) is 0 Å². The van der Waals surface area contributed by atoms with E-state index in [0.29, 0.717) is 0 Å². The maximum atomic E-state index is 5.70. The van der Waals surface area contributed by atoms with Gasteiger partial charge in [-0.25, -0.2) is 0 Å². The lowest BCUT2D eigenvalue weighted by molar-refractivity contribution is 0.210. The van der Waals surface area contributed by atoms with Crippen molar-refractivity contribution in [2.45, 2.75) is 13.3 Å². The Bertz CT molecular complexity index is 277. The van der Waals surface area contributed by atoms with Crippen LogP contribution in [0.3, 0.4) is 0 Å². The van der Waals surface area contributed by atoms with Crippen LogP contribution in [0.5, 0.6) is 5.75 Å². The molecule has 0 bridgehead atoms. The monoisotopic (exact) mass is 236 g/mol. The highest BCUT2D eigenvalue weighted by Crippen LogP contribution is 2.07. The fourth-order valence-corrected chi connectivity index (χ4v) is 1.73. The minimum Gasteiger partial charge on any atom is -0.492 e. The normalized spacial score (nSPS) is 10.8. The van der Waals surface area contributed by atoms with Gasteiger partial charge < -0.3 is 10.1 Å². The lowest BCUT2D eigenvalue weighted by atomic mass is 10.3. The first-order chi connectivity index (χ1) is 8.36. The van der Waals surface area contributed by atoms with Crippen LogP contribution in [-0.4, -0.2) is 44.7 Å². The number of nitrogens with one attached hydrogen (secondary N) is 1. The molecule has 0 aliphatic heterocycles. The summed E-state index contributed by atoms with van der Waals surface area (Å²) in [5, 5.41) is 3.18. The molecule has 0 aliphatic carbocycles. The second kappa shape index (κ2) is 9.02. The first kappa shape index (κ1) is 14.0. The van der Waals surface area contributed by atoms with E-state index in [9.17, 15) is 0 Å². The Morgan fingerprint density at radius 1 is 1.12 bits per heavy atom. The topological polar surface area (TPSA) is 24.5 Å². The van der Waals surface area contributed by atoms with Crippen molar-refractivity contribution in [3.63, 3.8) is 0 Å².